The second-order valence-electron chi connectivity index (χ2n) is 4.12. The Labute approximate surface area is 113 Å². The molecule has 1 heterocycles. The van der Waals surface area contributed by atoms with E-state index in [1.54, 1.807) is 26.2 Å². The molecule has 2 rings (SSSR count). The Bertz CT molecular complexity index is 504. The van der Waals surface area contributed by atoms with Crippen molar-refractivity contribution in [2.45, 2.75) is 6.92 Å². The van der Waals surface area contributed by atoms with Crippen LogP contribution in [0.2, 0.25) is 0 Å². The molecule has 1 atom stereocenters. The van der Waals surface area contributed by atoms with Crippen LogP contribution in [0.4, 0.5) is 10.5 Å². The van der Waals surface area contributed by atoms with E-state index in [1.165, 1.54) is 4.90 Å². The number of anilines is 1. The third-order valence-corrected chi connectivity index (χ3v) is 3.48. The number of hydrogen-bond acceptors (Lipinski definition) is 3. The number of urea groups is 1. The summed E-state index contributed by atoms with van der Waals surface area (Å²) in [4.78, 5) is 24.7. The van der Waals surface area contributed by atoms with Gasteiger partial charge in [-0.2, -0.15) is 0 Å². The maximum Gasteiger partial charge on any atom is 0.328 e. The van der Waals surface area contributed by atoms with Crippen LogP contribution >= 0.6 is 15.9 Å². The normalized spacial score (nSPS) is 19.7. The van der Waals surface area contributed by atoms with Crippen LogP contribution < -0.4 is 15.0 Å². The number of imide groups is 1. The zero-order valence-electron chi connectivity index (χ0n) is 10.1. The number of carbonyl (C=O) groups excluding carboxylic acids is 2. The first-order valence-corrected chi connectivity index (χ1v) is 6.28. The summed E-state index contributed by atoms with van der Waals surface area (Å²) in [5.41, 5.74) is 0.701. The maximum absolute atomic E-state index is 11.8. The van der Waals surface area contributed by atoms with Crippen molar-refractivity contribution in [3.63, 3.8) is 0 Å². The van der Waals surface area contributed by atoms with Crippen molar-refractivity contribution in [2.24, 2.45) is 5.92 Å². The van der Waals surface area contributed by atoms with Gasteiger partial charge in [-0.25, -0.2) is 4.79 Å². The number of hydrogen-bond donors (Lipinski definition) is 1. The smallest absolute Gasteiger partial charge is 0.328 e. The van der Waals surface area contributed by atoms with Crippen LogP contribution in [0.25, 0.3) is 0 Å². The largest absolute Gasteiger partial charge is 0.495 e. The second-order valence-corrected chi connectivity index (χ2v) is 4.98. The number of amides is 3. The summed E-state index contributed by atoms with van der Waals surface area (Å²) >= 11 is 3.35. The highest BCUT2D eigenvalue weighted by molar-refractivity contribution is 9.10. The molecule has 1 unspecified atom stereocenters. The minimum Gasteiger partial charge on any atom is -0.495 e. The average molecular weight is 313 g/mol. The minimum atomic E-state index is -0.400. The van der Waals surface area contributed by atoms with Crippen LogP contribution in [0, 0.1) is 5.92 Å². The fraction of sp³-hybridized carbons (Fsp3) is 0.333. The van der Waals surface area contributed by atoms with E-state index in [4.69, 9.17) is 4.74 Å². The summed E-state index contributed by atoms with van der Waals surface area (Å²) in [6.07, 6.45) is 0. The molecule has 0 spiro atoms. The van der Waals surface area contributed by atoms with Gasteiger partial charge in [0.2, 0.25) is 5.91 Å². The van der Waals surface area contributed by atoms with Crippen molar-refractivity contribution < 1.29 is 14.3 Å². The lowest BCUT2D eigenvalue weighted by Gasteiger charge is -2.30. The lowest BCUT2D eigenvalue weighted by atomic mass is 10.1. The molecule has 18 heavy (non-hydrogen) atoms. The van der Waals surface area contributed by atoms with Gasteiger partial charge in [0.05, 0.1) is 17.5 Å². The molecule has 0 bridgehead atoms. The second kappa shape index (κ2) is 4.97. The molecule has 1 aliphatic heterocycles. The number of nitrogens with zero attached hydrogens (tertiary/aromatic N) is 1. The molecule has 6 heteroatoms. The number of halogens is 1. The molecule has 1 aromatic carbocycles. The average Bonchev–Trinajstić information content (AvgIpc) is 2.35. The van der Waals surface area contributed by atoms with Gasteiger partial charge in [-0.3, -0.25) is 15.0 Å². The molecule has 0 radical (unpaired) electrons. The van der Waals surface area contributed by atoms with E-state index in [0.717, 1.165) is 4.47 Å². The summed E-state index contributed by atoms with van der Waals surface area (Å²) in [5.74, 6) is 0.183. The van der Waals surface area contributed by atoms with E-state index >= 15 is 0 Å². The monoisotopic (exact) mass is 312 g/mol. The number of ether oxygens (including phenoxy) is 1. The van der Waals surface area contributed by atoms with E-state index in [2.05, 4.69) is 21.2 Å². The third-order valence-electron chi connectivity index (χ3n) is 2.83. The topological polar surface area (TPSA) is 58.6 Å². The van der Waals surface area contributed by atoms with Crippen LogP contribution in [0.3, 0.4) is 0 Å². The Morgan fingerprint density at radius 2 is 2.17 bits per heavy atom. The maximum atomic E-state index is 11.8. The van der Waals surface area contributed by atoms with E-state index in [0.29, 0.717) is 18.0 Å². The summed E-state index contributed by atoms with van der Waals surface area (Å²) < 4.78 is 6.00. The summed E-state index contributed by atoms with van der Waals surface area (Å²) in [6, 6.07) is 4.96. The fourth-order valence-corrected chi connectivity index (χ4v) is 2.18. The lowest BCUT2D eigenvalue weighted by molar-refractivity contribution is -0.123. The molecule has 1 aliphatic rings. The van der Waals surface area contributed by atoms with Crippen LogP contribution in [0.15, 0.2) is 22.7 Å². The van der Waals surface area contributed by atoms with Gasteiger partial charge in [0.1, 0.15) is 5.75 Å². The molecule has 1 aromatic rings. The highest BCUT2D eigenvalue weighted by Crippen LogP contribution is 2.30. The number of rotatable bonds is 2. The van der Waals surface area contributed by atoms with Gasteiger partial charge in [0.25, 0.3) is 0 Å². The summed E-state index contributed by atoms with van der Waals surface area (Å²) in [6.45, 7) is 2.15. The molecular formula is C12H13BrN2O3. The molecule has 3 amide bonds. The van der Waals surface area contributed by atoms with Crippen LogP contribution in [-0.2, 0) is 4.79 Å². The molecule has 0 aliphatic carbocycles. The highest BCUT2D eigenvalue weighted by Gasteiger charge is 2.30. The molecule has 0 aromatic heterocycles. The Kier molecular flexibility index (Phi) is 3.56. The van der Waals surface area contributed by atoms with Gasteiger partial charge in [0, 0.05) is 18.3 Å². The minimum absolute atomic E-state index is 0.225. The first kappa shape index (κ1) is 12.9. The Morgan fingerprint density at radius 3 is 2.83 bits per heavy atom. The van der Waals surface area contributed by atoms with Crippen molar-refractivity contribution >= 4 is 33.6 Å². The SMILES string of the molecule is COc1cc(N2CC(C)C(=O)NC2=O)ccc1Br. The van der Waals surface area contributed by atoms with Gasteiger partial charge < -0.3 is 4.74 Å². The van der Waals surface area contributed by atoms with E-state index < -0.39 is 6.03 Å². The summed E-state index contributed by atoms with van der Waals surface area (Å²) in [5, 5.41) is 2.33. The molecular weight excluding hydrogens is 300 g/mol. The van der Waals surface area contributed by atoms with Gasteiger partial charge in [-0.15, -0.1) is 0 Å². The first-order valence-electron chi connectivity index (χ1n) is 5.49. The lowest BCUT2D eigenvalue weighted by Crippen LogP contribution is -2.53. The molecule has 0 saturated carbocycles. The fourth-order valence-electron chi connectivity index (χ4n) is 1.77. The molecule has 1 saturated heterocycles. The van der Waals surface area contributed by atoms with Crippen molar-refractivity contribution in [1.29, 1.82) is 0 Å². The van der Waals surface area contributed by atoms with Gasteiger partial charge in [0.15, 0.2) is 0 Å². The Balaban J connectivity index is 2.31. The number of nitrogens with one attached hydrogen (secondary N) is 1. The van der Waals surface area contributed by atoms with Crippen LogP contribution in [0.5, 0.6) is 5.75 Å². The van der Waals surface area contributed by atoms with Crippen molar-refractivity contribution in [3.05, 3.63) is 22.7 Å². The first-order chi connectivity index (χ1) is 8.52. The predicted molar refractivity (Wildman–Crippen MR) is 70.7 cm³/mol. The van der Waals surface area contributed by atoms with Gasteiger partial charge in [-0.1, -0.05) is 6.92 Å². The van der Waals surface area contributed by atoms with E-state index in [-0.39, 0.29) is 11.8 Å². The number of carbonyl (C=O) groups is 2. The summed E-state index contributed by atoms with van der Waals surface area (Å²) in [7, 11) is 1.56. The predicted octanol–water partition coefficient (Wildman–Crippen LogP) is 2.15. The molecule has 5 nitrogen and oxygen atoms in total. The number of methoxy groups -OCH3 is 1. The highest BCUT2D eigenvalue weighted by atomic mass is 79.9. The van der Waals surface area contributed by atoms with Crippen LogP contribution in [0.1, 0.15) is 6.92 Å². The Morgan fingerprint density at radius 1 is 1.44 bits per heavy atom. The van der Waals surface area contributed by atoms with Gasteiger partial charge in [-0.05, 0) is 28.1 Å². The molecule has 1 N–H and O–H groups in total. The van der Waals surface area contributed by atoms with E-state index in [1.807, 2.05) is 6.07 Å². The Hall–Kier alpha value is -1.56. The van der Waals surface area contributed by atoms with E-state index in [9.17, 15) is 9.59 Å². The standard InChI is InChI=1S/C12H13BrN2O3/c1-7-6-15(12(17)14-11(7)16)8-3-4-9(13)10(5-8)18-2/h3-5,7H,6H2,1-2H3,(H,14,16,17). The van der Waals surface area contributed by atoms with Crippen molar-refractivity contribution in [2.75, 3.05) is 18.6 Å². The zero-order valence-corrected chi connectivity index (χ0v) is 11.7. The van der Waals surface area contributed by atoms with Crippen molar-refractivity contribution in [1.82, 2.24) is 5.32 Å². The van der Waals surface area contributed by atoms with Crippen LogP contribution in [-0.4, -0.2) is 25.6 Å². The third kappa shape index (κ3) is 2.33. The molecule has 96 valence electrons. The zero-order chi connectivity index (χ0) is 13.3. The number of benzene rings is 1. The van der Waals surface area contributed by atoms with Crippen molar-refractivity contribution in [3.8, 4) is 5.75 Å². The quantitative estimate of drug-likeness (QED) is 0.910. The molecule has 1 fully saturated rings. The van der Waals surface area contributed by atoms with Gasteiger partial charge >= 0.3 is 6.03 Å².